The fourth-order valence-corrected chi connectivity index (χ4v) is 1.90. The molecule has 1 N–H and O–H groups in total. The van der Waals surface area contributed by atoms with Crippen molar-refractivity contribution in [3.8, 4) is 0 Å². The second-order valence-electron chi connectivity index (χ2n) is 4.21. The van der Waals surface area contributed by atoms with Crippen LogP contribution in [0.3, 0.4) is 0 Å². The van der Waals surface area contributed by atoms with Crippen molar-refractivity contribution in [3.05, 3.63) is 0 Å². The summed E-state index contributed by atoms with van der Waals surface area (Å²) in [5, 5.41) is 8.79. The van der Waals surface area contributed by atoms with Gasteiger partial charge in [0.1, 0.15) is 0 Å². The molecule has 1 aliphatic heterocycles. The summed E-state index contributed by atoms with van der Waals surface area (Å²) < 4.78 is 10.9. The lowest BCUT2D eigenvalue weighted by molar-refractivity contribution is -0.208. The summed E-state index contributed by atoms with van der Waals surface area (Å²) in [6.45, 7) is 4.73. The van der Waals surface area contributed by atoms with Crippen LogP contribution in [-0.2, 0) is 14.3 Å². The number of ether oxygens (including phenoxy) is 2. The minimum Gasteiger partial charge on any atom is -0.481 e. The normalized spacial score (nSPS) is 41.8. The first kappa shape index (κ1) is 8.97. The highest BCUT2D eigenvalue weighted by atomic mass is 16.7. The summed E-state index contributed by atoms with van der Waals surface area (Å²) in [6.07, 6.45) is 0. The van der Waals surface area contributed by atoms with E-state index in [0.29, 0.717) is 13.2 Å². The molecule has 1 aliphatic carbocycles. The van der Waals surface area contributed by atoms with Gasteiger partial charge in [0, 0.05) is 11.8 Å². The van der Waals surface area contributed by atoms with Gasteiger partial charge in [-0.05, 0) is 13.8 Å². The van der Waals surface area contributed by atoms with Crippen LogP contribution in [0, 0.1) is 17.8 Å². The van der Waals surface area contributed by atoms with Gasteiger partial charge in [-0.25, -0.2) is 0 Å². The van der Waals surface area contributed by atoms with Crippen LogP contribution in [0.5, 0.6) is 0 Å². The predicted molar refractivity (Wildman–Crippen MR) is 44.1 cm³/mol. The quantitative estimate of drug-likeness (QED) is 0.655. The van der Waals surface area contributed by atoms with Crippen molar-refractivity contribution in [2.75, 3.05) is 13.2 Å². The lowest BCUT2D eigenvalue weighted by atomic mass is 10.3. The second kappa shape index (κ2) is 2.69. The van der Waals surface area contributed by atoms with Crippen LogP contribution in [0.4, 0.5) is 0 Å². The summed E-state index contributed by atoms with van der Waals surface area (Å²) in [5.74, 6) is -1.17. The first-order valence-electron chi connectivity index (χ1n) is 4.52. The van der Waals surface area contributed by atoms with Gasteiger partial charge < -0.3 is 14.6 Å². The summed E-state index contributed by atoms with van der Waals surface area (Å²) in [7, 11) is 0. The molecule has 2 aliphatic rings. The molecule has 13 heavy (non-hydrogen) atoms. The lowest BCUT2D eigenvalue weighted by Gasteiger charge is -2.23. The van der Waals surface area contributed by atoms with E-state index < -0.39 is 11.8 Å². The van der Waals surface area contributed by atoms with Gasteiger partial charge in [0.15, 0.2) is 5.79 Å². The van der Waals surface area contributed by atoms with Crippen molar-refractivity contribution in [1.29, 1.82) is 0 Å². The second-order valence-corrected chi connectivity index (χ2v) is 4.21. The van der Waals surface area contributed by atoms with Gasteiger partial charge in [-0.15, -0.1) is 0 Å². The molecule has 3 atom stereocenters. The fraction of sp³-hybridized carbons (Fsp3) is 0.889. The first-order chi connectivity index (χ1) is 6.01. The molecule has 0 spiro atoms. The summed E-state index contributed by atoms with van der Waals surface area (Å²) in [5.41, 5.74) is 0. The van der Waals surface area contributed by atoms with Crippen molar-refractivity contribution in [3.63, 3.8) is 0 Å². The summed E-state index contributed by atoms with van der Waals surface area (Å²) in [4.78, 5) is 10.7. The van der Waals surface area contributed by atoms with Crippen molar-refractivity contribution in [2.45, 2.75) is 19.6 Å². The number of hydrogen-bond acceptors (Lipinski definition) is 3. The molecule has 1 heterocycles. The Morgan fingerprint density at radius 2 is 1.77 bits per heavy atom. The van der Waals surface area contributed by atoms with Crippen LogP contribution < -0.4 is 0 Å². The highest BCUT2D eigenvalue weighted by Crippen LogP contribution is 2.49. The van der Waals surface area contributed by atoms with Crippen molar-refractivity contribution in [2.24, 2.45) is 17.8 Å². The van der Waals surface area contributed by atoms with Gasteiger partial charge in [0.25, 0.3) is 0 Å². The third kappa shape index (κ3) is 1.56. The smallest absolute Gasteiger partial charge is 0.307 e. The van der Waals surface area contributed by atoms with Gasteiger partial charge in [0.2, 0.25) is 0 Å². The number of rotatable bonds is 1. The molecular weight excluding hydrogens is 172 g/mol. The van der Waals surface area contributed by atoms with Gasteiger partial charge in [-0.2, -0.15) is 0 Å². The van der Waals surface area contributed by atoms with E-state index >= 15 is 0 Å². The molecule has 0 bridgehead atoms. The number of aliphatic carboxylic acids is 1. The van der Waals surface area contributed by atoms with E-state index in [-0.39, 0.29) is 17.8 Å². The van der Waals surface area contributed by atoms with Crippen LogP contribution in [0.1, 0.15) is 13.8 Å². The van der Waals surface area contributed by atoms with Crippen molar-refractivity contribution < 1.29 is 19.4 Å². The average molecular weight is 186 g/mol. The van der Waals surface area contributed by atoms with E-state index in [1.165, 1.54) is 0 Å². The maximum Gasteiger partial charge on any atom is 0.307 e. The Balaban J connectivity index is 1.97. The molecule has 0 aromatic rings. The van der Waals surface area contributed by atoms with E-state index in [9.17, 15) is 4.79 Å². The fourth-order valence-electron chi connectivity index (χ4n) is 1.90. The molecule has 0 aromatic carbocycles. The minimum absolute atomic E-state index is 0.166. The van der Waals surface area contributed by atoms with Crippen LogP contribution in [0.25, 0.3) is 0 Å². The minimum atomic E-state index is -0.720. The molecule has 1 saturated carbocycles. The molecule has 1 saturated heterocycles. The Labute approximate surface area is 76.8 Å². The lowest BCUT2D eigenvalue weighted by Crippen LogP contribution is -2.29. The Bertz CT molecular complexity index is 220. The van der Waals surface area contributed by atoms with Gasteiger partial charge in [0.05, 0.1) is 19.1 Å². The number of hydrogen-bond donors (Lipinski definition) is 1. The SMILES string of the molecule is CC1(C)OC[C@@H]2C(C(=O)O)[C@@H]2CO1. The number of carbonyl (C=O) groups is 1. The molecule has 2 fully saturated rings. The summed E-state index contributed by atoms with van der Waals surface area (Å²) in [6, 6.07) is 0. The number of fused-ring (bicyclic) bond motifs is 1. The largest absolute Gasteiger partial charge is 0.481 e. The molecule has 4 nitrogen and oxygen atoms in total. The topological polar surface area (TPSA) is 55.8 Å². The summed E-state index contributed by atoms with van der Waals surface area (Å²) >= 11 is 0. The number of carboxylic acids is 1. The molecule has 0 radical (unpaired) electrons. The average Bonchev–Trinajstić information content (AvgIpc) is 2.70. The Morgan fingerprint density at radius 1 is 1.31 bits per heavy atom. The maximum absolute atomic E-state index is 10.7. The monoisotopic (exact) mass is 186 g/mol. The highest BCUT2D eigenvalue weighted by Gasteiger charge is 2.57. The molecule has 2 rings (SSSR count). The van der Waals surface area contributed by atoms with E-state index in [1.807, 2.05) is 13.8 Å². The Kier molecular flexibility index (Phi) is 1.85. The number of carboxylic acid groups (broad SMARTS) is 1. The zero-order valence-corrected chi connectivity index (χ0v) is 7.82. The zero-order valence-electron chi connectivity index (χ0n) is 7.82. The molecule has 1 unspecified atom stereocenters. The van der Waals surface area contributed by atoms with Crippen LogP contribution in [-0.4, -0.2) is 30.1 Å². The molecular formula is C9H14O4. The highest BCUT2D eigenvalue weighted by molar-refractivity contribution is 5.74. The maximum atomic E-state index is 10.7. The van der Waals surface area contributed by atoms with E-state index in [2.05, 4.69) is 0 Å². The molecule has 74 valence electrons. The van der Waals surface area contributed by atoms with Crippen molar-refractivity contribution >= 4 is 5.97 Å². The standard InChI is InChI=1S/C9H14O4/c1-9(2)12-3-5-6(4-13-9)7(5)8(10)11/h5-7H,3-4H2,1-2H3,(H,10,11)/t5-,6+,7?. The van der Waals surface area contributed by atoms with Gasteiger partial charge in [-0.1, -0.05) is 0 Å². The molecule has 4 heteroatoms. The van der Waals surface area contributed by atoms with Crippen LogP contribution >= 0.6 is 0 Å². The van der Waals surface area contributed by atoms with E-state index in [1.54, 1.807) is 0 Å². The third-order valence-corrected chi connectivity index (χ3v) is 2.86. The van der Waals surface area contributed by atoms with E-state index in [4.69, 9.17) is 14.6 Å². The van der Waals surface area contributed by atoms with Crippen LogP contribution in [0.15, 0.2) is 0 Å². The molecule has 0 amide bonds. The Morgan fingerprint density at radius 3 is 2.15 bits per heavy atom. The van der Waals surface area contributed by atoms with Crippen molar-refractivity contribution in [1.82, 2.24) is 0 Å². The Hall–Kier alpha value is -0.610. The predicted octanol–water partition coefficient (Wildman–Crippen LogP) is 0.716. The third-order valence-electron chi connectivity index (χ3n) is 2.86. The first-order valence-corrected chi connectivity index (χ1v) is 4.52. The molecule has 0 aromatic heterocycles. The van der Waals surface area contributed by atoms with E-state index in [0.717, 1.165) is 0 Å². The van der Waals surface area contributed by atoms with Gasteiger partial charge in [-0.3, -0.25) is 4.79 Å². The zero-order chi connectivity index (χ0) is 9.64. The van der Waals surface area contributed by atoms with Gasteiger partial charge >= 0.3 is 5.97 Å². The van der Waals surface area contributed by atoms with Crippen LogP contribution in [0.2, 0.25) is 0 Å².